The predicted molar refractivity (Wildman–Crippen MR) is 91.7 cm³/mol. The molecule has 0 aliphatic rings. The van der Waals surface area contributed by atoms with Crippen molar-refractivity contribution in [3.63, 3.8) is 0 Å². The Balaban J connectivity index is 1.90. The molecule has 1 heterocycles. The van der Waals surface area contributed by atoms with Gasteiger partial charge in [-0.1, -0.05) is 18.2 Å². The lowest BCUT2D eigenvalue weighted by molar-refractivity contribution is 0.0706. The molecule has 2 N–H and O–H groups in total. The summed E-state index contributed by atoms with van der Waals surface area (Å²) in [6.45, 7) is 0.299. The van der Waals surface area contributed by atoms with Crippen molar-refractivity contribution in [1.29, 1.82) is 0 Å². The fourth-order valence-corrected chi connectivity index (χ4v) is 2.67. The number of carbonyl (C=O) groups excluding carboxylic acids is 1. The number of nitrogens with one attached hydrogen (secondary N) is 1. The number of aliphatic hydroxyl groups excluding tert-OH is 1. The summed E-state index contributed by atoms with van der Waals surface area (Å²) in [5.74, 6) is -0.170. The molecule has 1 amide bonds. The number of aromatic amines is 1. The first-order chi connectivity index (χ1) is 12.1. The van der Waals surface area contributed by atoms with Gasteiger partial charge in [-0.25, -0.2) is 4.79 Å². The van der Waals surface area contributed by atoms with Crippen LogP contribution in [0.1, 0.15) is 15.9 Å². The summed E-state index contributed by atoms with van der Waals surface area (Å²) in [7, 11) is 1.57. The van der Waals surface area contributed by atoms with Gasteiger partial charge in [-0.15, -0.1) is 0 Å². The maximum Gasteiger partial charge on any atom is 0.417 e. The Morgan fingerprint density at radius 1 is 1.28 bits per heavy atom. The lowest BCUT2D eigenvalue weighted by atomic mass is 10.1. The maximum absolute atomic E-state index is 12.8. The smallest absolute Gasteiger partial charge is 0.417 e. The van der Waals surface area contributed by atoms with Crippen molar-refractivity contribution in [2.24, 2.45) is 0 Å². The first-order valence-corrected chi connectivity index (χ1v) is 7.77. The third kappa shape index (κ3) is 3.56. The Hall–Kier alpha value is -3.06. The van der Waals surface area contributed by atoms with Crippen LogP contribution in [0.4, 0.5) is 0 Å². The van der Waals surface area contributed by atoms with Crippen molar-refractivity contribution in [2.75, 3.05) is 20.3 Å². The van der Waals surface area contributed by atoms with E-state index in [0.29, 0.717) is 29.0 Å². The third-order valence-corrected chi connectivity index (χ3v) is 3.88. The highest BCUT2D eigenvalue weighted by atomic mass is 16.5. The molecule has 0 saturated carbocycles. The van der Waals surface area contributed by atoms with Gasteiger partial charge in [0.1, 0.15) is 5.75 Å². The van der Waals surface area contributed by atoms with E-state index in [2.05, 4.69) is 4.98 Å². The summed E-state index contributed by atoms with van der Waals surface area (Å²) in [4.78, 5) is 28.1. The number of rotatable bonds is 6. The fourth-order valence-electron chi connectivity index (χ4n) is 2.67. The highest BCUT2D eigenvalue weighted by Crippen LogP contribution is 2.21. The minimum absolute atomic E-state index is 0.164. The zero-order valence-electron chi connectivity index (χ0n) is 13.7. The number of fused-ring (bicyclic) bond motifs is 1. The largest absolute Gasteiger partial charge is 0.496 e. The zero-order valence-corrected chi connectivity index (χ0v) is 13.7. The summed E-state index contributed by atoms with van der Waals surface area (Å²) in [5, 5.41) is 9.32. The lowest BCUT2D eigenvalue weighted by Gasteiger charge is -2.23. The van der Waals surface area contributed by atoms with Crippen LogP contribution in [0.5, 0.6) is 5.75 Å². The van der Waals surface area contributed by atoms with Crippen molar-refractivity contribution in [2.45, 2.75) is 6.54 Å². The molecule has 2 aromatic carbocycles. The van der Waals surface area contributed by atoms with Crippen LogP contribution in [0.2, 0.25) is 0 Å². The molecule has 0 aliphatic carbocycles. The number of benzene rings is 2. The number of H-pyrrole nitrogens is 1. The number of carbonyl (C=O) groups is 1. The SMILES string of the molecule is COc1ccccc1CN(CCO)C(=O)c1ccc2[nH]c(=O)oc2c1. The van der Waals surface area contributed by atoms with Gasteiger partial charge in [-0.2, -0.15) is 0 Å². The van der Waals surface area contributed by atoms with Crippen molar-refractivity contribution in [3.8, 4) is 5.75 Å². The topological polar surface area (TPSA) is 95.8 Å². The molecule has 0 saturated heterocycles. The predicted octanol–water partition coefficient (Wildman–Crippen LogP) is 1.76. The van der Waals surface area contributed by atoms with E-state index in [4.69, 9.17) is 9.15 Å². The normalized spacial score (nSPS) is 10.8. The highest BCUT2D eigenvalue weighted by molar-refractivity contribution is 5.97. The lowest BCUT2D eigenvalue weighted by Crippen LogP contribution is -2.33. The van der Waals surface area contributed by atoms with Crippen LogP contribution in [0, 0.1) is 0 Å². The second kappa shape index (κ2) is 7.23. The van der Waals surface area contributed by atoms with Crippen LogP contribution < -0.4 is 10.5 Å². The Kier molecular flexibility index (Phi) is 4.85. The second-order valence-corrected chi connectivity index (χ2v) is 5.49. The van der Waals surface area contributed by atoms with Crippen LogP contribution in [-0.2, 0) is 6.54 Å². The van der Waals surface area contributed by atoms with E-state index in [1.807, 2.05) is 24.3 Å². The number of aromatic nitrogens is 1. The molecule has 0 aliphatic heterocycles. The van der Waals surface area contributed by atoms with Crippen LogP contribution in [-0.4, -0.2) is 41.2 Å². The van der Waals surface area contributed by atoms with Gasteiger partial charge in [0, 0.05) is 24.2 Å². The Bertz CT molecular complexity index is 944. The molecule has 130 valence electrons. The van der Waals surface area contributed by atoms with Crippen LogP contribution in [0.25, 0.3) is 11.1 Å². The Morgan fingerprint density at radius 2 is 2.08 bits per heavy atom. The van der Waals surface area contributed by atoms with Gasteiger partial charge < -0.3 is 19.2 Å². The maximum atomic E-state index is 12.8. The van der Waals surface area contributed by atoms with E-state index < -0.39 is 5.76 Å². The van der Waals surface area contributed by atoms with Gasteiger partial charge in [-0.05, 0) is 24.3 Å². The first kappa shape index (κ1) is 16.8. The van der Waals surface area contributed by atoms with Gasteiger partial charge in [0.2, 0.25) is 0 Å². The number of hydrogen-bond acceptors (Lipinski definition) is 5. The van der Waals surface area contributed by atoms with Crippen LogP contribution >= 0.6 is 0 Å². The molecular weight excluding hydrogens is 324 g/mol. The molecule has 0 spiro atoms. The number of hydrogen-bond donors (Lipinski definition) is 2. The van der Waals surface area contributed by atoms with E-state index >= 15 is 0 Å². The summed E-state index contributed by atoms with van der Waals surface area (Å²) in [6, 6.07) is 12.1. The van der Waals surface area contributed by atoms with Crippen LogP contribution in [0.3, 0.4) is 0 Å². The summed E-state index contributed by atoms with van der Waals surface area (Å²) in [6.07, 6.45) is 0. The summed E-state index contributed by atoms with van der Waals surface area (Å²) in [5.41, 5.74) is 2.05. The molecule has 0 atom stereocenters. The van der Waals surface area contributed by atoms with E-state index in [0.717, 1.165) is 5.56 Å². The zero-order chi connectivity index (χ0) is 17.8. The van der Waals surface area contributed by atoms with E-state index in [1.165, 1.54) is 11.0 Å². The fraction of sp³-hybridized carbons (Fsp3) is 0.222. The highest BCUT2D eigenvalue weighted by Gasteiger charge is 2.18. The standard InChI is InChI=1S/C18H18N2O5/c1-24-15-5-3-2-4-13(15)11-20(8-9-21)17(22)12-6-7-14-16(10-12)25-18(23)19-14/h2-7,10,21H,8-9,11H2,1H3,(H,19,23). The van der Waals surface area contributed by atoms with E-state index in [1.54, 1.807) is 19.2 Å². The number of aliphatic hydroxyl groups is 1. The Labute approximate surface area is 143 Å². The molecule has 0 radical (unpaired) electrons. The average molecular weight is 342 g/mol. The second-order valence-electron chi connectivity index (χ2n) is 5.49. The monoisotopic (exact) mass is 342 g/mol. The number of para-hydroxylation sites is 1. The van der Waals surface area contributed by atoms with E-state index in [9.17, 15) is 14.7 Å². The van der Waals surface area contributed by atoms with Gasteiger partial charge >= 0.3 is 5.76 Å². The minimum Gasteiger partial charge on any atom is -0.496 e. The molecule has 7 nitrogen and oxygen atoms in total. The van der Waals surface area contributed by atoms with Gasteiger partial charge in [-0.3, -0.25) is 9.78 Å². The molecule has 3 rings (SSSR count). The Morgan fingerprint density at radius 3 is 2.84 bits per heavy atom. The number of nitrogens with zero attached hydrogens (tertiary/aromatic N) is 1. The number of amides is 1. The molecular formula is C18H18N2O5. The van der Waals surface area contributed by atoms with Gasteiger partial charge in [0.15, 0.2) is 5.58 Å². The minimum atomic E-state index is -0.569. The quantitative estimate of drug-likeness (QED) is 0.712. The number of ether oxygens (including phenoxy) is 1. The molecule has 0 bridgehead atoms. The van der Waals surface area contributed by atoms with Crippen molar-refractivity contribution >= 4 is 17.0 Å². The molecule has 25 heavy (non-hydrogen) atoms. The van der Waals surface area contributed by atoms with Crippen LogP contribution in [0.15, 0.2) is 51.7 Å². The van der Waals surface area contributed by atoms with Crippen molar-refractivity contribution in [1.82, 2.24) is 9.88 Å². The third-order valence-electron chi connectivity index (χ3n) is 3.88. The van der Waals surface area contributed by atoms with Crippen molar-refractivity contribution in [3.05, 3.63) is 64.1 Å². The number of oxazole rings is 1. The molecule has 7 heteroatoms. The molecule has 3 aromatic rings. The van der Waals surface area contributed by atoms with E-state index in [-0.39, 0.29) is 19.1 Å². The summed E-state index contributed by atoms with van der Waals surface area (Å²) >= 11 is 0. The first-order valence-electron chi connectivity index (χ1n) is 7.77. The number of methoxy groups -OCH3 is 1. The molecule has 0 unspecified atom stereocenters. The summed E-state index contributed by atoms with van der Waals surface area (Å²) < 4.78 is 10.3. The van der Waals surface area contributed by atoms with Gasteiger partial charge in [0.05, 0.1) is 19.2 Å². The molecule has 0 fully saturated rings. The van der Waals surface area contributed by atoms with Gasteiger partial charge in [0.25, 0.3) is 5.91 Å². The average Bonchev–Trinajstić information content (AvgIpc) is 3.00. The van der Waals surface area contributed by atoms with Crippen molar-refractivity contribution < 1.29 is 19.1 Å². The molecule has 1 aromatic heterocycles.